The van der Waals surface area contributed by atoms with E-state index in [-0.39, 0.29) is 16.9 Å². The second kappa shape index (κ2) is 9.34. The molecule has 0 amide bonds. The minimum atomic E-state index is -0.320. The normalized spacial score (nSPS) is 17.3. The van der Waals surface area contributed by atoms with Gasteiger partial charge in [0.05, 0.1) is 24.1 Å². The number of aryl methyl sites for hydroxylation is 2. The minimum Gasteiger partial charge on any atom is -0.376 e. The number of benzene rings is 1. The first kappa shape index (κ1) is 21.1. The van der Waals surface area contributed by atoms with Crippen LogP contribution in [0.25, 0.3) is 10.2 Å². The van der Waals surface area contributed by atoms with Crippen molar-refractivity contribution in [1.29, 1.82) is 5.26 Å². The molecule has 1 aliphatic heterocycles. The first-order chi connectivity index (χ1) is 14.6. The summed E-state index contributed by atoms with van der Waals surface area (Å²) in [6.45, 7) is 5.36. The number of thioether (sulfide) groups is 1. The highest BCUT2D eigenvalue weighted by atomic mass is 32.2. The molecule has 4 rings (SSSR count). The summed E-state index contributed by atoms with van der Waals surface area (Å²) in [6.07, 6.45) is 3.41. The summed E-state index contributed by atoms with van der Waals surface area (Å²) >= 11 is 2.96. The van der Waals surface area contributed by atoms with Crippen molar-refractivity contribution in [2.75, 3.05) is 6.61 Å². The Kier molecular flexibility index (Phi) is 6.57. The maximum absolute atomic E-state index is 13.5. The molecule has 2 atom stereocenters. The van der Waals surface area contributed by atoms with Crippen molar-refractivity contribution >= 4 is 33.3 Å². The van der Waals surface area contributed by atoms with Crippen LogP contribution < -0.4 is 5.56 Å². The van der Waals surface area contributed by atoms with E-state index in [1.165, 1.54) is 11.8 Å². The number of thiophene rings is 1. The third kappa shape index (κ3) is 4.31. The van der Waals surface area contributed by atoms with E-state index in [1.54, 1.807) is 15.9 Å². The van der Waals surface area contributed by atoms with Crippen molar-refractivity contribution in [1.82, 2.24) is 9.55 Å². The largest absolute Gasteiger partial charge is 0.376 e. The van der Waals surface area contributed by atoms with Crippen molar-refractivity contribution in [3.05, 3.63) is 56.7 Å². The van der Waals surface area contributed by atoms with E-state index in [4.69, 9.17) is 9.72 Å². The molecule has 3 aromatic rings. The van der Waals surface area contributed by atoms with Crippen LogP contribution >= 0.6 is 23.1 Å². The monoisotopic (exact) mass is 439 g/mol. The fraction of sp³-hybridized carbons (Fsp3) is 0.435. The second-order valence-corrected chi connectivity index (χ2v) is 9.91. The summed E-state index contributed by atoms with van der Waals surface area (Å²) in [7, 11) is 0. The summed E-state index contributed by atoms with van der Waals surface area (Å²) in [4.78, 5) is 20.3. The lowest BCUT2D eigenvalue weighted by atomic mass is 10.1. The first-order valence-corrected chi connectivity index (χ1v) is 12.0. The number of fused-ring (bicyclic) bond motifs is 1. The lowest BCUT2D eigenvalue weighted by Gasteiger charge is -2.17. The molecule has 1 fully saturated rings. The standard InChI is InChI=1S/C23H25N3O2S2/c1-3-19-15(2)29-21-20(19)22(27)26(14-17-10-7-11-28-17)23(25-21)30-18(13-24)12-16-8-5-4-6-9-16/h4-6,8-9,17-18H,3,7,10-12,14H2,1-2H3. The van der Waals surface area contributed by atoms with Crippen LogP contribution in [0.15, 0.2) is 40.3 Å². The Hall–Kier alpha value is -2.14. The van der Waals surface area contributed by atoms with Crippen LogP contribution in [0.1, 0.15) is 35.8 Å². The zero-order valence-electron chi connectivity index (χ0n) is 17.3. The van der Waals surface area contributed by atoms with Crippen molar-refractivity contribution in [2.24, 2.45) is 0 Å². The summed E-state index contributed by atoms with van der Waals surface area (Å²) in [5.74, 6) is 0. The third-order valence-electron chi connectivity index (χ3n) is 5.50. The molecular formula is C23H25N3O2S2. The molecule has 0 N–H and O–H groups in total. The van der Waals surface area contributed by atoms with Gasteiger partial charge in [-0.3, -0.25) is 9.36 Å². The van der Waals surface area contributed by atoms with E-state index >= 15 is 0 Å². The molecule has 7 heteroatoms. The van der Waals surface area contributed by atoms with E-state index in [2.05, 4.69) is 19.9 Å². The molecule has 2 aromatic heterocycles. The van der Waals surface area contributed by atoms with Gasteiger partial charge in [-0.15, -0.1) is 11.3 Å². The molecule has 1 aromatic carbocycles. The molecule has 0 aliphatic carbocycles. The van der Waals surface area contributed by atoms with Crippen LogP contribution in [-0.4, -0.2) is 27.5 Å². The fourth-order valence-electron chi connectivity index (χ4n) is 3.97. The predicted octanol–water partition coefficient (Wildman–Crippen LogP) is 4.73. The maximum Gasteiger partial charge on any atom is 0.263 e. The molecule has 0 spiro atoms. The zero-order valence-corrected chi connectivity index (χ0v) is 18.9. The summed E-state index contributed by atoms with van der Waals surface area (Å²) < 4.78 is 7.56. The Balaban J connectivity index is 1.74. The van der Waals surface area contributed by atoms with Gasteiger partial charge >= 0.3 is 0 Å². The quantitative estimate of drug-likeness (QED) is 0.393. The average Bonchev–Trinajstić information content (AvgIpc) is 3.37. The smallest absolute Gasteiger partial charge is 0.263 e. The fourth-order valence-corrected chi connectivity index (χ4v) is 6.14. The molecule has 3 heterocycles. The molecule has 0 saturated carbocycles. The minimum absolute atomic E-state index is 0.00407. The van der Waals surface area contributed by atoms with Gasteiger partial charge in [0.25, 0.3) is 5.56 Å². The van der Waals surface area contributed by atoms with Gasteiger partial charge in [0.2, 0.25) is 0 Å². The molecule has 0 bridgehead atoms. The average molecular weight is 440 g/mol. The van der Waals surface area contributed by atoms with Gasteiger partial charge in [-0.05, 0) is 43.7 Å². The number of hydrogen-bond acceptors (Lipinski definition) is 6. The van der Waals surface area contributed by atoms with Crippen molar-refractivity contribution in [2.45, 2.75) is 62.6 Å². The number of hydrogen-bond donors (Lipinski definition) is 0. The Bertz CT molecular complexity index is 1130. The highest BCUT2D eigenvalue weighted by Crippen LogP contribution is 2.31. The number of ether oxygens (including phenoxy) is 1. The lowest BCUT2D eigenvalue weighted by molar-refractivity contribution is 0.0937. The lowest BCUT2D eigenvalue weighted by Crippen LogP contribution is -2.29. The van der Waals surface area contributed by atoms with Crippen LogP contribution in [0, 0.1) is 18.3 Å². The number of nitrogens with zero attached hydrogens (tertiary/aromatic N) is 3. The van der Waals surface area contributed by atoms with Gasteiger partial charge in [0.15, 0.2) is 5.16 Å². The summed E-state index contributed by atoms with van der Waals surface area (Å²) in [5, 5.41) is 10.8. The Morgan fingerprint density at radius 3 is 2.87 bits per heavy atom. The SMILES string of the molecule is CCc1c(C)sc2nc(SC(C#N)Cc3ccccc3)n(CC3CCCO3)c(=O)c12. The summed E-state index contributed by atoms with van der Waals surface area (Å²) in [5.41, 5.74) is 2.19. The molecular weight excluding hydrogens is 414 g/mol. The van der Waals surface area contributed by atoms with Gasteiger partial charge in [-0.1, -0.05) is 49.0 Å². The Morgan fingerprint density at radius 2 is 2.20 bits per heavy atom. The summed E-state index contributed by atoms with van der Waals surface area (Å²) in [6, 6.07) is 12.4. The molecule has 0 radical (unpaired) electrons. The van der Waals surface area contributed by atoms with Gasteiger partial charge < -0.3 is 4.74 Å². The van der Waals surface area contributed by atoms with Crippen LogP contribution in [0.5, 0.6) is 0 Å². The van der Waals surface area contributed by atoms with Crippen LogP contribution in [0.4, 0.5) is 0 Å². The Labute approximate surface area is 184 Å². The number of nitriles is 1. The molecule has 30 heavy (non-hydrogen) atoms. The van der Waals surface area contributed by atoms with E-state index in [0.29, 0.717) is 18.1 Å². The third-order valence-corrected chi connectivity index (χ3v) is 7.62. The zero-order chi connectivity index (χ0) is 21.1. The predicted molar refractivity (Wildman–Crippen MR) is 122 cm³/mol. The Morgan fingerprint density at radius 1 is 1.40 bits per heavy atom. The van der Waals surface area contributed by atoms with Crippen molar-refractivity contribution in [3.63, 3.8) is 0 Å². The van der Waals surface area contributed by atoms with Crippen LogP contribution in [-0.2, 0) is 24.1 Å². The van der Waals surface area contributed by atoms with E-state index in [9.17, 15) is 10.1 Å². The highest BCUT2D eigenvalue weighted by Gasteiger charge is 2.24. The number of rotatable bonds is 7. The number of aromatic nitrogens is 2. The topological polar surface area (TPSA) is 67.9 Å². The van der Waals surface area contributed by atoms with Crippen molar-refractivity contribution in [3.8, 4) is 6.07 Å². The van der Waals surface area contributed by atoms with Gasteiger partial charge in [0.1, 0.15) is 10.1 Å². The van der Waals surface area contributed by atoms with E-state index in [1.807, 2.05) is 30.3 Å². The van der Waals surface area contributed by atoms with E-state index in [0.717, 1.165) is 52.1 Å². The molecule has 156 valence electrons. The molecule has 2 unspecified atom stereocenters. The molecule has 1 saturated heterocycles. The van der Waals surface area contributed by atoms with Gasteiger partial charge in [-0.25, -0.2) is 4.98 Å². The van der Waals surface area contributed by atoms with Crippen LogP contribution in [0.2, 0.25) is 0 Å². The van der Waals surface area contributed by atoms with Gasteiger partial charge in [0, 0.05) is 11.5 Å². The van der Waals surface area contributed by atoms with E-state index < -0.39 is 0 Å². The molecule has 5 nitrogen and oxygen atoms in total. The van der Waals surface area contributed by atoms with Crippen LogP contribution in [0.3, 0.4) is 0 Å². The van der Waals surface area contributed by atoms with Gasteiger partial charge in [-0.2, -0.15) is 5.26 Å². The maximum atomic E-state index is 13.5. The van der Waals surface area contributed by atoms with Crippen molar-refractivity contribution < 1.29 is 4.74 Å². The first-order valence-electron chi connectivity index (χ1n) is 10.3. The highest BCUT2D eigenvalue weighted by molar-refractivity contribution is 8.00. The molecule has 1 aliphatic rings. The second-order valence-electron chi connectivity index (χ2n) is 7.54.